The Bertz CT molecular complexity index is 392. The van der Waals surface area contributed by atoms with Crippen LogP contribution in [0.5, 0.6) is 11.5 Å². The van der Waals surface area contributed by atoms with Crippen LogP contribution in [-0.2, 0) is 0 Å². The Kier molecular flexibility index (Phi) is 3.31. The van der Waals surface area contributed by atoms with Gasteiger partial charge < -0.3 is 9.47 Å². The van der Waals surface area contributed by atoms with Gasteiger partial charge in [0.1, 0.15) is 0 Å². The molecule has 1 heterocycles. The Morgan fingerprint density at radius 3 is 2.87 bits per heavy atom. The van der Waals surface area contributed by atoms with Gasteiger partial charge in [0.15, 0.2) is 17.3 Å². The van der Waals surface area contributed by atoms with Gasteiger partial charge in [0, 0.05) is 10.9 Å². The summed E-state index contributed by atoms with van der Waals surface area (Å²) in [6.07, 6.45) is 0. The van der Waals surface area contributed by atoms with Gasteiger partial charge in [0.2, 0.25) is 6.79 Å². The maximum atomic E-state index is 11.8. The van der Waals surface area contributed by atoms with Crippen LogP contribution >= 0.6 is 31.9 Å². The van der Waals surface area contributed by atoms with E-state index in [4.69, 9.17) is 9.47 Å². The molecular formula is C10H8Br2O3. The first kappa shape index (κ1) is 11.0. The number of ether oxygens (including phenoxy) is 2. The topological polar surface area (TPSA) is 35.5 Å². The molecule has 0 bridgehead atoms. The third kappa shape index (κ3) is 2.18. The van der Waals surface area contributed by atoms with E-state index in [1.165, 1.54) is 0 Å². The van der Waals surface area contributed by atoms with E-state index < -0.39 is 0 Å². The van der Waals surface area contributed by atoms with E-state index in [1.54, 1.807) is 18.2 Å². The molecule has 1 aromatic rings. The molecule has 0 aliphatic carbocycles. The van der Waals surface area contributed by atoms with E-state index in [0.717, 1.165) is 0 Å². The van der Waals surface area contributed by atoms with Crippen molar-refractivity contribution in [2.24, 2.45) is 0 Å². The van der Waals surface area contributed by atoms with Crippen LogP contribution in [0.1, 0.15) is 10.4 Å². The van der Waals surface area contributed by atoms with Crippen LogP contribution < -0.4 is 9.47 Å². The van der Waals surface area contributed by atoms with Gasteiger partial charge in [0.25, 0.3) is 0 Å². The SMILES string of the molecule is O=C(c1ccc2c(c1)OCO2)C(Br)CBr. The highest BCUT2D eigenvalue weighted by Crippen LogP contribution is 2.33. The van der Waals surface area contributed by atoms with Crippen molar-refractivity contribution in [1.82, 2.24) is 0 Å². The third-order valence-electron chi connectivity index (χ3n) is 2.08. The Hall–Kier alpha value is -0.550. The zero-order valence-electron chi connectivity index (χ0n) is 7.70. The highest BCUT2D eigenvalue weighted by atomic mass is 79.9. The predicted molar refractivity (Wildman–Crippen MR) is 63.4 cm³/mol. The van der Waals surface area contributed by atoms with E-state index >= 15 is 0 Å². The van der Waals surface area contributed by atoms with E-state index in [-0.39, 0.29) is 17.4 Å². The number of Topliss-reactive ketones (excluding diaryl/α,β-unsaturated/α-hetero) is 1. The maximum absolute atomic E-state index is 11.8. The quantitative estimate of drug-likeness (QED) is 0.629. The number of hydrogen-bond acceptors (Lipinski definition) is 3. The standard InChI is InChI=1S/C10H8Br2O3/c11-4-7(12)10(13)6-1-2-8-9(3-6)15-5-14-8/h1-3,7H,4-5H2. The molecular weight excluding hydrogens is 328 g/mol. The lowest BCUT2D eigenvalue weighted by Crippen LogP contribution is -2.15. The van der Waals surface area contributed by atoms with Crippen LogP contribution in [0.2, 0.25) is 0 Å². The van der Waals surface area contributed by atoms with Crippen molar-refractivity contribution >= 4 is 37.6 Å². The van der Waals surface area contributed by atoms with Crippen molar-refractivity contribution in [2.75, 3.05) is 12.1 Å². The van der Waals surface area contributed by atoms with Crippen molar-refractivity contribution in [1.29, 1.82) is 0 Å². The minimum absolute atomic E-state index is 0.0326. The monoisotopic (exact) mass is 334 g/mol. The number of alkyl halides is 2. The second-order valence-corrected chi connectivity index (χ2v) is 4.81. The average Bonchev–Trinajstić information content (AvgIpc) is 2.73. The first-order valence-corrected chi connectivity index (χ1v) is 6.40. The Morgan fingerprint density at radius 1 is 1.40 bits per heavy atom. The molecule has 0 amide bonds. The van der Waals surface area contributed by atoms with Gasteiger partial charge in [-0.1, -0.05) is 31.9 Å². The fourth-order valence-electron chi connectivity index (χ4n) is 1.30. The van der Waals surface area contributed by atoms with Crippen LogP contribution in [-0.4, -0.2) is 22.7 Å². The summed E-state index contributed by atoms with van der Waals surface area (Å²) < 4.78 is 10.4. The number of halogens is 2. The molecule has 0 saturated carbocycles. The molecule has 0 saturated heterocycles. The number of benzene rings is 1. The highest BCUT2D eigenvalue weighted by Gasteiger charge is 2.19. The smallest absolute Gasteiger partial charge is 0.231 e. The van der Waals surface area contributed by atoms with Crippen LogP contribution in [0.25, 0.3) is 0 Å². The lowest BCUT2D eigenvalue weighted by Gasteiger charge is -2.05. The van der Waals surface area contributed by atoms with Gasteiger partial charge in [-0.05, 0) is 18.2 Å². The number of carbonyl (C=O) groups excluding carboxylic acids is 1. The summed E-state index contributed by atoms with van der Waals surface area (Å²) in [5.41, 5.74) is 0.626. The van der Waals surface area contributed by atoms with Crippen molar-refractivity contribution in [3.63, 3.8) is 0 Å². The average molecular weight is 336 g/mol. The second-order valence-electron chi connectivity index (χ2n) is 3.05. The molecule has 0 N–H and O–H groups in total. The number of ketones is 1. The summed E-state index contributed by atoms with van der Waals surface area (Å²) >= 11 is 6.54. The van der Waals surface area contributed by atoms with Gasteiger partial charge in [-0.25, -0.2) is 0 Å². The molecule has 1 atom stereocenters. The maximum Gasteiger partial charge on any atom is 0.231 e. The van der Waals surface area contributed by atoms with Crippen molar-refractivity contribution < 1.29 is 14.3 Å². The molecule has 1 unspecified atom stereocenters. The van der Waals surface area contributed by atoms with E-state index in [9.17, 15) is 4.79 Å². The van der Waals surface area contributed by atoms with Crippen LogP contribution in [0, 0.1) is 0 Å². The highest BCUT2D eigenvalue weighted by molar-refractivity contribution is 9.12. The number of carbonyl (C=O) groups is 1. The molecule has 15 heavy (non-hydrogen) atoms. The molecule has 80 valence electrons. The normalized spacial score (nSPS) is 15.1. The van der Waals surface area contributed by atoms with E-state index in [0.29, 0.717) is 22.4 Å². The first-order chi connectivity index (χ1) is 7.22. The van der Waals surface area contributed by atoms with Gasteiger partial charge in [-0.2, -0.15) is 0 Å². The molecule has 5 heteroatoms. The van der Waals surface area contributed by atoms with Gasteiger partial charge in [0.05, 0.1) is 4.83 Å². The van der Waals surface area contributed by atoms with Gasteiger partial charge in [-0.3, -0.25) is 4.79 Å². The minimum atomic E-state index is -0.210. The summed E-state index contributed by atoms with van der Waals surface area (Å²) in [7, 11) is 0. The molecule has 2 rings (SSSR count). The lowest BCUT2D eigenvalue weighted by atomic mass is 10.1. The summed E-state index contributed by atoms with van der Waals surface area (Å²) in [5.74, 6) is 1.36. The molecule has 0 spiro atoms. The molecule has 0 fully saturated rings. The summed E-state index contributed by atoms with van der Waals surface area (Å²) in [5, 5.41) is 0.584. The molecule has 1 aliphatic rings. The van der Waals surface area contributed by atoms with Crippen LogP contribution in [0.3, 0.4) is 0 Å². The molecule has 0 radical (unpaired) electrons. The van der Waals surface area contributed by atoms with Crippen molar-refractivity contribution in [3.05, 3.63) is 23.8 Å². The number of rotatable bonds is 3. The molecule has 0 aromatic heterocycles. The zero-order valence-corrected chi connectivity index (χ0v) is 10.9. The van der Waals surface area contributed by atoms with Crippen LogP contribution in [0.4, 0.5) is 0 Å². The zero-order chi connectivity index (χ0) is 10.8. The number of fused-ring (bicyclic) bond motifs is 1. The Morgan fingerprint density at radius 2 is 2.13 bits per heavy atom. The van der Waals surface area contributed by atoms with Crippen LogP contribution in [0.15, 0.2) is 18.2 Å². The summed E-state index contributed by atoms with van der Waals surface area (Å²) in [4.78, 5) is 11.6. The summed E-state index contributed by atoms with van der Waals surface area (Å²) in [6.45, 7) is 0.225. The predicted octanol–water partition coefficient (Wildman–Crippen LogP) is 2.76. The Labute approximate surface area is 104 Å². The fourth-order valence-corrected chi connectivity index (χ4v) is 1.86. The lowest BCUT2D eigenvalue weighted by molar-refractivity contribution is 0.0997. The van der Waals surface area contributed by atoms with Crippen molar-refractivity contribution in [3.8, 4) is 11.5 Å². The van der Waals surface area contributed by atoms with Gasteiger partial charge >= 0.3 is 0 Å². The largest absolute Gasteiger partial charge is 0.454 e. The molecule has 3 nitrogen and oxygen atoms in total. The minimum Gasteiger partial charge on any atom is -0.454 e. The molecule has 1 aliphatic heterocycles. The Balaban J connectivity index is 2.26. The third-order valence-corrected chi connectivity index (χ3v) is 4.33. The van der Waals surface area contributed by atoms with Crippen molar-refractivity contribution in [2.45, 2.75) is 4.83 Å². The summed E-state index contributed by atoms with van der Waals surface area (Å²) in [6, 6.07) is 5.21. The van der Waals surface area contributed by atoms with Gasteiger partial charge in [-0.15, -0.1) is 0 Å². The first-order valence-electron chi connectivity index (χ1n) is 4.36. The molecule has 1 aromatic carbocycles. The fraction of sp³-hybridized carbons (Fsp3) is 0.300. The van der Waals surface area contributed by atoms with E-state index in [1.807, 2.05) is 0 Å². The van der Waals surface area contributed by atoms with E-state index in [2.05, 4.69) is 31.9 Å². The number of hydrogen-bond donors (Lipinski definition) is 0. The second kappa shape index (κ2) is 4.53.